The van der Waals surface area contributed by atoms with E-state index in [1.807, 2.05) is 0 Å². The van der Waals surface area contributed by atoms with Crippen LogP contribution in [0.2, 0.25) is 0 Å². The summed E-state index contributed by atoms with van der Waals surface area (Å²) in [5, 5.41) is 0.404. The maximum Gasteiger partial charge on any atom is 0.310 e. The molecule has 0 bridgehead atoms. The summed E-state index contributed by atoms with van der Waals surface area (Å²) in [7, 11) is 1.52. The Balaban J connectivity index is 1.62. The van der Waals surface area contributed by atoms with Gasteiger partial charge in [-0.15, -0.1) is 0 Å². The van der Waals surface area contributed by atoms with Gasteiger partial charge < -0.3 is 14.5 Å². The van der Waals surface area contributed by atoms with E-state index in [1.54, 1.807) is 30.0 Å². The van der Waals surface area contributed by atoms with Crippen LogP contribution in [0.5, 0.6) is 0 Å². The van der Waals surface area contributed by atoms with Crippen LogP contribution in [0, 0.1) is 5.92 Å². The number of hydrogen-bond donors (Lipinski definition) is 0. The number of benzene rings is 1. The predicted octanol–water partition coefficient (Wildman–Crippen LogP) is 1.42. The van der Waals surface area contributed by atoms with Crippen molar-refractivity contribution in [2.75, 3.05) is 33.3 Å². The van der Waals surface area contributed by atoms with Crippen molar-refractivity contribution in [1.29, 1.82) is 0 Å². The molecule has 0 aliphatic carbocycles. The van der Waals surface area contributed by atoms with Crippen LogP contribution in [0.4, 0.5) is 0 Å². The topological polar surface area (TPSA) is 102 Å². The van der Waals surface area contributed by atoms with Gasteiger partial charge >= 0.3 is 5.97 Å². The first-order valence-corrected chi connectivity index (χ1v) is 10.9. The Morgan fingerprint density at radius 3 is 2.84 bits per heavy atom. The molecule has 0 radical (unpaired) electrons. The number of ether oxygens (including phenoxy) is 1. The predicted molar refractivity (Wildman–Crippen MR) is 117 cm³/mol. The highest BCUT2D eigenvalue weighted by molar-refractivity contribution is 9.10. The lowest BCUT2D eigenvalue weighted by molar-refractivity contribution is -0.152. The van der Waals surface area contributed by atoms with Crippen LogP contribution in [0.3, 0.4) is 0 Å². The largest absolute Gasteiger partial charge is 0.466 e. The third-order valence-corrected chi connectivity index (χ3v) is 5.78. The monoisotopic (exact) mass is 492 g/mol. The zero-order valence-corrected chi connectivity index (χ0v) is 19.1. The first kappa shape index (κ1) is 22.9. The molecule has 1 aliphatic heterocycles. The third-order valence-electron chi connectivity index (χ3n) is 5.28. The van der Waals surface area contributed by atoms with Crippen LogP contribution in [0.1, 0.15) is 19.8 Å². The minimum absolute atomic E-state index is 0.129. The highest BCUT2D eigenvalue weighted by Crippen LogP contribution is 2.18. The summed E-state index contributed by atoms with van der Waals surface area (Å²) in [6.45, 7) is 2.54. The number of piperidine rings is 1. The molecular formula is C21H25BrN4O5. The maximum absolute atomic E-state index is 12.7. The summed E-state index contributed by atoms with van der Waals surface area (Å²) in [5.74, 6) is -1.25. The minimum Gasteiger partial charge on any atom is -0.466 e. The van der Waals surface area contributed by atoms with Crippen molar-refractivity contribution in [1.82, 2.24) is 19.4 Å². The van der Waals surface area contributed by atoms with Crippen molar-refractivity contribution in [2.24, 2.45) is 5.92 Å². The lowest BCUT2D eigenvalue weighted by Gasteiger charge is -2.32. The molecule has 1 atom stereocenters. The summed E-state index contributed by atoms with van der Waals surface area (Å²) in [4.78, 5) is 57.0. The molecule has 2 aromatic rings. The Kier molecular flexibility index (Phi) is 7.42. The third kappa shape index (κ3) is 5.49. The summed E-state index contributed by atoms with van der Waals surface area (Å²) in [5.41, 5.74) is 0.217. The second kappa shape index (κ2) is 10.0. The van der Waals surface area contributed by atoms with Crippen molar-refractivity contribution in [3.05, 3.63) is 39.4 Å². The number of nitrogens with zero attached hydrogens (tertiary/aromatic N) is 4. The molecule has 3 rings (SSSR count). The molecule has 0 spiro atoms. The molecule has 1 unspecified atom stereocenters. The summed E-state index contributed by atoms with van der Waals surface area (Å²) < 4.78 is 7.04. The number of aromatic nitrogens is 2. The summed E-state index contributed by atoms with van der Waals surface area (Å²) in [6.07, 6.45) is 2.73. The molecule has 1 aromatic carbocycles. The summed E-state index contributed by atoms with van der Waals surface area (Å²) in [6, 6.07) is 5.17. The molecule has 2 amide bonds. The highest BCUT2D eigenvalue weighted by Gasteiger charge is 2.30. The lowest BCUT2D eigenvalue weighted by atomic mass is 9.98. The first-order chi connectivity index (χ1) is 14.8. The van der Waals surface area contributed by atoms with Gasteiger partial charge in [0.1, 0.15) is 6.54 Å². The van der Waals surface area contributed by atoms with E-state index in [4.69, 9.17) is 4.74 Å². The smallest absolute Gasteiger partial charge is 0.310 e. The average molecular weight is 493 g/mol. The van der Waals surface area contributed by atoms with Crippen LogP contribution >= 0.6 is 15.9 Å². The van der Waals surface area contributed by atoms with Gasteiger partial charge in [0.25, 0.3) is 5.56 Å². The molecule has 1 aromatic heterocycles. The fraction of sp³-hybridized carbons (Fsp3) is 0.476. The van der Waals surface area contributed by atoms with Crippen molar-refractivity contribution >= 4 is 44.6 Å². The number of likely N-dealkylation sites (tertiary alicyclic amines) is 1. The zero-order chi connectivity index (χ0) is 22.5. The van der Waals surface area contributed by atoms with Gasteiger partial charge in [-0.25, -0.2) is 4.98 Å². The number of amides is 2. The Hall–Kier alpha value is -2.75. The number of esters is 1. The molecule has 166 valence electrons. The fourth-order valence-corrected chi connectivity index (χ4v) is 3.92. The Morgan fingerprint density at radius 1 is 1.32 bits per heavy atom. The van der Waals surface area contributed by atoms with Crippen LogP contribution in [0.15, 0.2) is 33.8 Å². The Morgan fingerprint density at radius 2 is 2.10 bits per heavy atom. The van der Waals surface area contributed by atoms with Gasteiger partial charge in [-0.1, -0.05) is 15.9 Å². The van der Waals surface area contributed by atoms with Gasteiger partial charge in [-0.3, -0.25) is 23.7 Å². The van der Waals surface area contributed by atoms with E-state index in [2.05, 4.69) is 20.9 Å². The molecule has 1 aliphatic rings. The van der Waals surface area contributed by atoms with E-state index in [0.717, 1.165) is 4.47 Å². The van der Waals surface area contributed by atoms with Crippen LogP contribution in [0.25, 0.3) is 10.9 Å². The van der Waals surface area contributed by atoms with Crippen molar-refractivity contribution < 1.29 is 19.1 Å². The number of fused-ring (bicyclic) bond motifs is 1. The van der Waals surface area contributed by atoms with Gasteiger partial charge in [0.2, 0.25) is 11.8 Å². The van der Waals surface area contributed by atoms with Gasteiger partial charge in [-0.05, 0) is 38.0 Å². The molecule has 0 N–H and O–H groups in total. The maximum atomic E-state index is 12.7. The lowest BCUT2D eigenvalue weighted by Crippen LogP contribution is -2.47. The van der Waals surface area contributed by atoms with Crippen molar-refractivity contribution in [2.45, 2.75) is 26.3 Å². The molecular weight excluding hydrogens is 468 g/mol. The number of carbonyl (C=O) groups excluding carboxylic acids is 3. The van der Waals surface area contributed by atoms with E-state index in [9.17, 15) is 19.2 Å². The van der Waals surface area contributed by atoms with Gasteiger partial charge in [0, 0.05) is 24.6 Å². The van der Waals surface area contributed by atoms with Crippen molar-refractivity contribution in [3.63, 3.8) is 0 Å². The summed E-state index contributed by atoms with van der Waals surface area (Å²) >= 11 is 3.33. The number of carbonyl (C=O) groups is 3. The van der Waals surface area contributed by atoms with E-state index in [0.29, 0.717) is 43.4 Å². The number of halogens is 1. The van der Waals surface area contributed by atoms with Crippen LogP contribution in [-0.4, -0.2) is 70.4 Å². The molecule has 9 nitrogen and oxygen atoms in total. The first-order valence-electron chi connectivity index (χ1n) is 10.1. The zero-order valence-electron chi connectivity index (χ0n) is 17.5. The van der Waals surface area contributed by atoms with E-state index >= 15 is 0 Å². The van der Waals surface area contributed by atoms with E-state index in [-0.39, 0.29) is 42.4 Å². The average Bonchev–Trinajstić information content (AvgIpc) is 2.76. The van der Waals surface area contributed by atoms with Crippen LogP contribution in [-0.2, 0) is 25.7 Å². The number of rotatable bonds is 6. The second-order valence-corrected chi connectivity index (χ2v) is 8.44. The second-order valence-electron chi connectivity index (χ2n) is 7.52. The highest BCUT2D eigenvalue weighted by atomic mass is 79.9. The SMILES string of the molecule is CCOC(=O)C1CCCN(C(=O)CN(C)C(=O)Cn2cnc3ccc(Br)cc3c2=O)C1. The fourth-order valence-electron chi connectivity index (χ4n) is 3.56. The van der Waals surface area contributed by atoms with Crippen LogP contribution < -0.4 is 5.56 Å². The molecule has 31 heavy (non-hydrogen) atoms. The molecule has 1 saturated heterocycles. The Labute approximate surface area is 188 Å². The minimum atomic E-state index is -0.384. The molecule has 2 heterocycles. The van der Waals surface area contributed by atoms with Crippen molar-refractivity contribution in [3.8, 4) is 0 Å². The van der Waals surface area contributed by atoms with E-state index < -0.39 is 0 Å². The molecule has 0 saturated carbocycles. The van der Waals surface area contributed by atoms with E-state index in [1.165, 1.54) is 22.8 Å². The normalized spacial score (nSPS) is 16.2. The Bertz CT molecular complexity index is 1050. The standard InChI is InChI=1S/C21H25BrN4O5/c1-3-31-21(30)14-5-4-8-25(10-14)19(28)11-24(2)18(27)12-26-13-23-17-7-6-15(22)9-16(17)20(26)29/h6-7,9,13-14H,3-5,8,10-12H2,1-2H3. The number of hydrogen-bond acceptors (Lipinski definition) is 6. The quantitative estimate of drug-likeness (QED) is 0.565. The molecule has 10 heteroatoms. The van der Waals surface area contributed by atoms with Gasteiger partial charge in [-0.2, -0.15) is 0 Å². The van der Waals surface area contributed by atoms with Gasteiger partial charge in [0.15, 0.2) is 0 Å². The number of likely N-dealkylation sites (N-methyl/N-ethyl adjacent to an activating group) is 1. The molecule has 1 fully saturated rings. The van der Waals surface area contributed by atoms with Gasteiger partial charge in [0.05, 0.1) is 36.3 Å².